The van der Waals surface area contributed by atoms with Crippen molar-refractivity contribution in [2.75, 3.05) is 14.2 Å². The molecule has 1 aromatic rings. The van der Waals surface area contributed by atoms with E-state index in [0.29, 0.717) is 0 Å². The number of benzene rings is 1. The highest BCUT2D eigenvalue weighted by atomic mass is 19.1. The van der Waals surface area contributed by atoms with Crippen molar-refractivity contribution in [2.24, 2.45) is 0 Å². The molecular formula is C12H11FO6. The molecular weight excluding hydrogens is 259 g/mol. The summed E-state index contributed by atoms with van der Waals surface area (Å²) < 4.78 is 27.1. The molecule has 0 saturated carbocycles. The number of methoxy groups -OCH3 is 2. The van der Waals surface area contributed by atoms with Crippen molar-refractivity contribution in [1.29, 1.82) is 0 Å². The van der Waals surface area contributed by atoms with E-state index >= 15 is 0 Å². The Morgan fingerprint density at radius 2 is 2.00 bits per heavy atom. The molecule has 0 aliphatic rings. The molecule has 1 aromatic carbocycles. The molecule has 0 aliphatic heterocycles. The van der Waals surface area contributed by atoms with Crippen LogP contribution in [0.4, 0.5) is 4.39 Å². The van der Waals surface area contributed by atoms with Crippen molar-refractivity contribution in [3.63, 3.8) is 0 Å². The Labute approximate surface area is 108 Å². The van der Waals surface area contributed by atoms with Crippen LogP contribution in [-0.4, -0.2) is 31.3 Å². The van der Waals surface area contributed by atoms with Crippen molar-refractivity contribution in [3.05, 3.63) is 41.6 Å². The van der Waals surface area contributed by atoms with E-state index in [-0.39, 0.29) is 11.5 Å². The summed E-state index contributed by atoms with van der Waals surface area (Å²) in [6.45, 7) is 0. The Hall–Kier alpha value is -2.57. The van der Waals surface area contributed by atoms with Crippen molar-refractivity contribution < 1.29 is 33.3 Å². The number of carboxylic acid groups (broad SMARTS) is 1. The minimum Gasteiger partial charge on any atom is -0.500 e. The van der Waals surface area contributed by atoms with Crippen LogP contribution in [0.5, 0.6) is 5.75 Å². The van der Waals surface area contributed by atoms with Gasteiger partial charge in [-0.3, -0.25) is 0 Å². The molecule has 102 valence electrons. The summed E-state index contributed by atoms with van der Waals surface area (Å²) in [6.07, 6.45) is 0.945. The molecule has 19 heavy (non-hydrogen) atoms. The Bertz CT molecular complexity index is 523. The lowest BCUT2D eigenvalue weighted by Crippen LogP contribution is -2.13. The Morgan fingerprint density at radius 1 is 1.32 bits per heavy atom. The van der Waals surface area contributed by atoms with Gasteiger partial charge in [0, 0.05) is 0 Å². The van der Waals surface area contributed by atoms with Crippen LogP contribution in [0, 0.1) is 5.82 Å². The van der Waals surface area contributed by atoms with Crippen LogP contribution < -0.4 is 4.74 Å². The van der Waals surface area contributed by atoms with Gasteiger partial charge in [-0.15, -0.1) is 0 Å². The summed E-state index contributed by atoms with van der Waals surface area (Å²) in [6, 6.07) is 2.87. The highest BCUT2D eigenvalue weighted by Gasteiger charge is 2.18. The Balaban J connectivity index is 3.13. The third-order valence-electron chi connectivity index (χ3n) is 2.00. The van der Waals surface area contributed by atoms with Gasteiger partial charge < -0.3 is 19.3 Å². The fourth-order valence-corrected chi connectivity index (χ4v) is 1.20. The van der Waals surface area contributed by atoms with Crippen LogP contribution in [0.1, 0.15) is 10.4 Å². The zero-order chi connectivity index (χ0) is 14.4. The summed E-state index contributed by atoms with van der Waals surface area (Å²) >= 11 is 0. The maximum Gasteiger partial charge on any atom is 0.377 e. The van der Waals surface area contributed by atoms with Crippen molar-refractivity contribution in [2.45, 2.75) is 0 Å². The van der Waals surface area contributed by atoms with Gasteiger partial charge in [0.15, 0.2) is 0 Å². The van der Waals surface area contributed by atoms with Gasteiger partial charge in [0.25, 0.3) is 0 Å². The van der Waals surface area contributed by atoms with Gasteiger partial charge in [0.2, 0.25) is 5.76 Å². The van der Waals surface area contributed by atoms with Crippen molar-refractivity contribution in [1.82, 2.24) is 0 Å². The maximum absolute atomic E-state index is 13.0. The molecule has 0 bridgehead atoms. The monoisotopic (exact) mass is 270 g/mol. The topological polar surface area (TPSA) is 82.1 Å². The molecule has 6 nitrogen and oxygen atoms in total. The average Bonchev–Trinajstić information content (AvgIpc) is 2.38. The number of rotatable bonds is 5. The highest BCUT2D eigenvalue weighted by molar-refractivity contribution is 5.92. The summed E-state index contributed by atoms with van der Waals surface area (Å²) in [4.78, 5) is 22.3. The molecule has 1 rings (SSSR count). The normalized spacial score (nSPS) is 10.8. The van der Waals surface area contributed by atoms with Crippen LogP contribution in [0.15, 0.2) is 30.2 Å². The SMILES string of the molecule is COC=C(Oc1ccc(F)cc1C(=O)O)C(=O)OC. The molecule has 7 heteroatoms. The van der Waals surface area contributed by atoms with Crippen molar-refractivity contribution >= 4 is 11.9 Å². The van der Waals surface area contributed by atoms with Crippen LogP contribution in [0.3, 0.4) is 0 Å². The predicted molar refractivity (Wildman–Crippen MR) is 61.1 cm³/mol. The van der Waals surface area contributed by atoms with Gasteiger partial charge in [0.05, 0.1) is 14.2 Å². The third-order valence-corrected chi connectivity index (χ3v) is 2.00. The first kappa shape index (κ1) is 14.5. The molecule has 0 aliphatic carbocycles. The fourth-order valence-electron chi connectivity index (χ4n) is 1.20. The molecule has 0 heterocycles. The minimum absolute atomic E-state index is 0.206. The van der Waals surface area contributed by atoms with Crippen LogP contribution in [-0.2, 0) is 14.3 Å². The largest absolute Gasteiger partial charge is 0.500 e. The van der Waals surface area contributed by atoms with E-state index in [9.17, 15) is 14.0 Å². The average molecular weight is 270 g/mol. The van der Waals surface area contributed by atoms with Gasteiger partial charge in [-0.2, -0.15) is 0 Å². The third kappa shape index (κ3) is 3.70. The van der Waals surface area contributed by atoms with Crippen molar-refractivity contribution in [3.8, 4) is 5.75 Å². The predicted octanol–water partition coefficient (Wildman–Crippen LogP) is 1.56. The quantitative estimate of drug-likeness (QED) is 0.496. The van der Waals surface area contributed by atoms with E-state index in [1.165, 1.54) is 7.11 Å². The van der Waals surface area contributed by atoms with E-state index in [1.54, 1.807) is 0 Å². The van der Waals surface area contributed by atoms with E-state index in [1.807, 2.05) is 0 Å². The Morgan fingerprint density at radius 3 is 2.53 bits per heavy atom. The van der Waals surface area contributed by atoms with Gasteiger partial charge in [-0.25, -0.2) is 14.0 Å². The number of ether oxygens (including phenoxy) is 3. The number of halogens is 1. The standard InChI is InChI=1S/C12H11FO6/c1-17-6-10(12(16)18-2)19-9-4-3-7(13)5-8(9)11(14)15/h3-6H,1-2H3,(H,14,15). The molecule has 0 fully saturated rings. The second-order valence-electron chi connectivity index (χ2n) is 3.26. The van der Waals surface area contributed by atoms with Gasteiger partial charge >= 0.3 is 11.9 Å². The number of hydrogen-bond acceptors (Lipinski definition) is 5. The van der Waals surface area contributed by atoms with Crippen LogP contribution >= 0.6 is 0 Å². The second kappa shape index (κ2) is 6.39. The molecule has 0 atom stereocenters. The van der Waals surface area contributed by atoms with Gasteiger partial charge in [-0.1, -0.05) is 0 Å². The van der Waals surface area contributed by atoms with Crippen LogP contribution in [0.25, 0.3) is 0 Å². The molecule has 0 aromatic heterocycles. The van der Waals surface area contributed by atoms with E-state index in [0.717, 1.165) is 31.6 Å². The zero-order valence-electron chi connectivity index (χ0n) is 10.2. The summed E-state index contributed by atoms with van der Waals surface area (Å²) in [5, 5.41) is 8.92. The lowest BCUT2D eigenvalue weighted by atomic mass is 10.2. The number of aromatic carboxylic acids is 1. The first-order chi connectivity index (χ1) is 8.99. The van der Waals surface area contributed by atoms with Gasteiger partial charge in [-0.05, 0) is 18.2 Å². The minimum atomic E-state index is -1.39. The summed E-state index contributed by atoms with van der Waals surface area (Å²) in [5.74, 6) is -3.56. The number of carbonyl (C=O) groups excluding carboxylic acids is 1. The summed E-state index contributed by atoms with van der Waals surface area (Å²) in [5.41, 5.74) is -0.425. The molecule has 0 saturated heterocycles. The molecule has 0 amide bonds. The molecule has 0 radical (unpaired) electrons. The van der Waals surface area contributed by atoms with E-state index in [4.69, 9.17) is 9.84 Å². The molecule has 1 N–H and O–H groups in total. The number of esters is 1. The smallest absolute Gasteiger partial charge is 0.377 e. The first-order valence-corrected chi connectivity index (χ1v) is 5.01. The van der Waals surface area contributed by atoms with E-state index < -0.39 is 23.3 Å². The van der Waals surface area contributed by atoms with Crippen LogP contribution in [0.2, 0.25) is 0 Å². The molecule has 0 unspecified atom stereocenters. The second-order valence-corrected chi connectivity index (χ2v) is 3.26. The fraction of sp³-hybridized carbons (Fsp3) is 0.167. The lowest BCUT2D eigenvalue weighted by molar-refractivity contribution is -0.138. The lowest BCUT2D eigenvalue weighted by Gasteiger charge is -2.10. The van der Waals surface area contributed by atoms with E-state index in [2.05, 4.69) is 9.47 Å². The number of hydrogen-bond donors (Lipinski definition) is 1. The zero-order valence-corrected chi connectivity index (χ0v) is 10.2. The first-order valence-electron chi connectivity index (χ1n) is 5.01. The number of carbonyl (C=O) groups is 2. The Kier molecular flexibility index (Phi) is 4.87. The highest BCUT2D eigenvalue weighted by Crippen LogP contribution is 2.22. The maximum atomic E-state index is 13.0. The number of carboxylic acids is 1. The molecule has 0 spiro atoms. The summed E-state index contributed by atoms with van der Waals surface area (Å²) in [7, 11) is 2.40. The van der Waals surface area contributed by atoms with Gasteiger partial charge in [0.1, 0.15) is 23.4 Å².